The average Bonchev–Trinajstić information content (AvgIpc) is 2.67. The van der Waals surface area contributed by atoms with Gasteiger partial charge in [-0.3, -0.25) is 9.59 Å². The summed E-state index contributed by atoms with van der Waals surface area (Å²) in [5.74, 6) is -0.286. The van der Waals surface area contributed by atoms with E-state index in [1.807, 2.05) is 24.3 Å². The Morgan fingerprint density at radius 3 is 2.37 bits per heavy atom. The second kappa shape index (κ2) is 7.18. The lowest BCUT2D eigenvalue weighted by Gasteiger charge is -2.26. The summed E-state index contributed by atoms with van der Waals surface area (Å²) in [5.41, 5.74) is 3.73. The van der Waals surface area contributed by atoms with Crippen molar-refractivity contribution in [3.63, 3.8) is 0 Å². The van der Waals surface area contributed by atoms with Crippen molar-refractivity contribution in [1.29, 1.82) is 0 Å². The van der Waals surface area contributed by atoms with Gasteiger partial charge in [-0.1, -0.05) is 35.3 Å². The lowest BCUT2D eigenvalue weighted by molar-refractivity contribution is -0.116. The quantitative estimate of drug-likeness (QED) is 0.578. The standard InChI is InChI=1S/C22H15Cl2NO2/c23-16-7-4-13(5-8-16)22(27)15-6-9-20-19(11-15)18(12-21(26)25-20)14-2-1-3-17(24)10-14/h1-11,18H,12H2,(H,25,26). The molecular weight excluding hydrogens is 381 g/mol. The molecule has 1 aliphatic heterocycles. The zero-order valence-corrected chi connectivity index (χ0v) is 15.7. The molecule has 0 aromatic heterocycles. The van der Waals surface area contributed by atoms with E-state index in [0.717, 1.165) is 16.8 Å². The van der Waals surface area contributed by atoms with Crippen molar-refractivity contribution >= 4 is 40.6 Å². The number of amides is 1. The Bertz CT molecular complexity index is 1040. The van der Waals surface area contributed by atoms with Crippen molar-refractivity contribution < 1.29 is 9.59 Å². The molecule has 1 atom stereocenters. The lowest BCUT2D eigenvalue weighted by Crippen LogP contribution is -2.24. The molecule has 5 heteroatoms. The first-order valence-electron chi connectivity index (χ1n) is 8.51. The predicted octanol–water partition coefficient (Wildman–Crippen LogP) is 5.70. The van der Waals surface area contributed by atoms with Gasteiger partial charge in [-0.05, 0) is 65.7 Å². The van der Waals surface area contributed by atoms with E-state index in [1.54, 1.807) is 42.5 Å². The van der Waals surface area contributed by atoms with Crippen molar-refractivity contribution in [3.05, 3.63) is 99.0 Å². The highest BCUT2D eigenvalue weighted by Gasteiger charge is 2.27. The number of hydrogen-bond donors (Lipinski definition) is 1. The van der Waals surface area contributed by atoms with E-state index in [2.05, 4.69) is 5.32 Å². The van der Waals surface area contributed by atoms with Crippen LogP contribution in [0.15, 0.2) is 66.7 Å². The van der Waals surface area contributed by atoms with E-state index >= 15 is 0 Å². The smallest absolute Gasteiger partial charge is 0.225 e. The highest BCUT2D eigenvalue weighted by Crippen LogP contribution is 2.38. The zero-order valence-electron chi connectivity index (χ0n) is 14.2. The molecule has 1 unspecified atom stereocenters. The average molecular weight is 396 g/mol. The van der Waals surface area contributed by atoms with Crippen LogP contribution in [0.4, 0.5) is 5.69 Å². The molecular formula is C22H15Cl2NO2. The number of rotatable bonds is 3. The van der Waals surface area contributed by atoms with Gasteiger partial charge in [-0.15, -0.1) is 0 Å². The highest BCUT2D eigenvalue weighted by molar-refractivity contribution is 6.31. The summed E-state index contributed by atoms with van der Waals surface area (Å²) < 4.78 is 0. The summed E-state index contributed by atoms with van der Waals surface area (Å²) in [6.07, 6.45) is 0.311. The van der Waals surface area contributed by atoms with Crippen LogP contribution in [0.2, 0.25) is 10.0 Å². The SMILES string of the molecule is O=C1CC(c2cccc(Cl)c2)c2cc(C(=O)c3ccc(Cl)cc3)ccc2N1. The van der Waals surface area contributed by atoms with E-state index in [0.29, 0.717) is 27.6 Å². The van der Waals surface area contributed by atoms with Crippen molar-refractivity contribution in [2.75, 3.05) is 5.32 Å². The van der Waals surface area contributed by atoms with Crippen LogP contribution in [0.3, 0.4) is 0 Å². The molecule has 0 bridgehead atoms. The molecule has 3 aromatic rings. The molecule has 0 saturated carbocycles. The van der Waals surface area contributed by atoms with Gasteiger partial charge in [0.25, 0.3) is 0 Å². The van der Waals surface area contributed by atoms with Crippen LogP contribution in [0.25, 0.3) is 0 Å². The molecule has 1 N–H and O–H groups in total. The zero-order chi connectivity index (χ0) is 19.0. The number of benzene rings is 3. The number of halogens is 2. The third-order valence-electron chi connectivity index (χ3n) is 4.71. The van der Waals surface area contributed by atoms with Gasteiger partial charge in [0.1, 0.15) is 0 Å². The van der Waals surface area contributed by atoms with E-state index in [4.69, 9.17) is 23.2 Å². The minimum atomic E-state index is -0.148. The van der Waals surface area contributed by atoms with Crippen LogP contribution in [-0.4, -0.2) is 11.7 Å². The molecule has 1 heterocycles. The van der Waals surface area contributed by atoms with E-state index in [9.17, 15) is 9.59 Å². The molecule has 0 saturated heterocycles. The molecule has 0 fully saturated rings. The third-order valence-corrected chi connectivity index (χ3v) is 5.20. The summed E-state index contributed by atoms with van der Waals surface area (Å²) >= 11 is 12.0. The van der Waals surface area contributed by atoms with E-state index < -0.39 is 0 Å². The molecule has 27 heavy (non-hydrogen) atoms. The Morgan fingerprint density at radius 1 is 0.889 bits per heavy atom. The van der Waals surface area contributed by atoms with Crippen LogP contribution in [0.5, 0.6) is 0 Å². The molecule has 3 aromatic carbocycles. The number of nitrogens with one attached hydrogen (secondary N) is 1. The summed E-state index contributed by atoms with van der Waals surface area (Å²) in [6, 6.07) is 19.7. The van der Waals surface area contributed by atoms with Gasteiger partial charge in [0.15, 0.2) is 5.78 Å². The first-order valence-corrected chi connectivity index (χ1v) is 9.26. The summed E-state index contributed by atoms with van der Waals surface area (Å²) in [5, 5.41) is 4.09. The fourth-order valence-corrected chi connectivity index (χ4v) is 3.72. The maximum atomic E-state index is 12.9. The molecule has 1 aliphatic rings. The Morgan fingerprint density at radius 2 is 1.63 bits per heavy atom. The van der Waals surface area contributed by atoms with Gasteiger partial charge >= 0.3 is 0 Å². The molecule has 0 spiro atoms. The van der Waals surface area contributed by atoms with Crippen LogP contribution in [-0.2, 0) is 4.79 Å². The van der Waals surface area contributed by atoms with Gasteiger partial charge in [0.05, 0.1) is 0 Å². The number of carbonyl (C=O) groups is 2. The Hall–Kier alpha value is -2.62. The van der Waals surface area contributed by atoms with E-state index in [1.165, 1.54) is 0 Å². The Labute approximate surface area is 166 Å². The van der Waals surface area contributed by atoms with Crippen LogP contribution in [0, 0.1) is 0 Å². The minimum Gasteiger partial charge on any atom is -0.326 e. The predicted molar refractivity (Wildman–Crippen MR) is 108 cm³/mol. The van der Waals surface area contributed by atoms with Gasteiger partial charge in [-0.2, -0.15) is 0 Å². The summed E-state index contributed by atoms with van der Waals surface area (Å²) in [4.78, 5) is 25.0. The monoisotopic (exact) mass is 395 g/mol. The first-order chi connectivity index (χ1) is 13.0. The lowest BCUT2D eigenvalue weighted by atomic mass is 9.83. The number of hydrogen-bond acceptors (Lipinski definition) is 2. The Balaban J connectivity index is 1.76. The van der Waals surface area contributed by atoms with Crippen molar-refractivity contribution in [2.24, 2.45) is 0 Å². The van der Waals surface area contributed by atoms with Crippen molar-refractivity contribution in [2.45, 2.75) is 12.3 Å². The van der Waals surface area contributed by atoms with Crippen LogP contribution in [0.1, 0.15) is 39.4 Å². The summed E-state index contributed by atoms with van der Waals surface area (Å²) in [7, 11) is 0. The van der Waals surface area contributed by atoms with E-state index in [-0.39, 0.29) is 17.6 Å². The number of carbonyl (C=O) groups excluding carboxylic acids is 2. The number of ketones is 1. The molecule has 0 radical (unpaired) electrons. The highest BCUT2D eigenvalue weighted by atomic mass is 35.5. The fraction of sp³-hybridized carbons (Fsp3) is 0.0909. The van der Waals surface area contributed by atoms with Gasteiger partial charge in [0, 0.05) is 39.2 Å². The van der Waals surface area contributed by atoms with Gasteiger partial charge in [0.2, 0.25) is 5.91 Å². The molecule has 3 nitrogen and oxygen atoms in total. The van der Waals surface area contributed by atoms with Crippen LogP contribution < -0.4 is 5.32 Å². The van der Waals surface area contributed by atoms with Gasteiger partial charge in [-0.25, -0.2) is 0 Å². The molecule has 134 valence electrons. The fourth-order valence-electron chi connectivity index (χ4n) is 3.39. The first kappa shape index (κ1) is 17.8. The van der Waals surface area contributed by atoms with Gasteiger partial charge < -0.3 is 5.32 Å². The van der Waals surface area contributed by atoms with Crippen LogP contribution >= 0.6 is 23.2 Å². The topological polar surface area (TPSA) is 46.2 Å². The third kappa shape index (κ3) is 3.61. The summed E-state index contributed by atoms with van der Waals surface area (Å²) in [6.45, 7) is 0. The molecule has 0 aliphatic carbocycles. The molecule has 4 rings (SSSR count). The number of fused-ring (bicyclic) bond motifs is 1. The second-order valence-electron chi connectivity index (χ2n) is 6.50. The number of anilines is 1. The largest absolute Gasteiger partial charge is 0.326 e. The maximum Gasteiger partial charge on any atom is 0.225 e. The normalized spacial score (nSPS) is 15.8. The van der Waals surface area contributed by atoms with Crippen molar-refractivity contribution in [1.82, 2.24) is 0 Å². The minimum absolute atomic E-state index is 0.0516. The second-order valence-corrected chi connectivity index (χ2v) is 7.37. The Kier molecular flexibility index (Phi) is 4.73. The maximum absolute atomic E-state index is 12.9. The molecule has 1 amide bonds. The van der Waals surface area contributed by atoms with Crippen molar-refractivity contribution in [3.8, 4) is 0 Å².